The van der Waals surface area contributed by atoms with Crippen LogP contribution in [0.3, 0.4) is 0 Å². The first-order valence-corrected chi connectivity index (χ1v) is 9.33. The van der Waals surface area contributed by atoms with E-state index in [1.165, 1.54) is 27.2 Å². The second-order valence-electron chi connectivity index (χ2n) is 4.89. The van der Waals surface area contributed by atoms with E-state index in [1.54, 1.807) is 7.11 Å². The highest BCUT2D eigenvalue weighted by molar-refractivity contribution is 7.99. The number of ether oxygens (including phenoxy) is 1. The molecule has 20 heavy (non-hydrogen) atoms. The van der Waals surface area contributed by atoms with E-state index in [1.807, 2.05) is 23.1 Å². The summed E-state index contributed by atoms with van der Waals surface area (Å²) in [5.41, 5.74) is 1.29. The minimum atomic E-state index is 0.762. The van der Waals surface area contributed by atoms with Crippen molar-refractivity contribution >= 4 is 28.2 Å². The van der Waals surface area contributed by atoms with Gasteiger partial charge in [-0.25, -0.2) is 4.98 Å². The smallest absolute Gasteiger partial charge is 0.185 e. The molecular weight excluding hydrogens is 290 g/mol. The summed E-state index contributed by atoms with van der Waals surface area (Å²) in [5, 5.41) is 4.66. The maximum absolute atomic E-state index is 5.07. The van der Waals surface area contributed by atoms with E-state index in [0.29, 0.717) is 0 Å². The lowest BCUT2D eigenvalue weighted by atomic mass is 10.2. The first-order chi connectivity index (χ1) is 9.85. The number of thiazole rings is 1. The molecule has 1 saturated heterocycles. The van der Waals surface area contributed by atoms with Crippen molar-refractivity contribution in [2.45, 2.75) is 26.3 Å². The average molecular weight is 316 g/mol. The van der Waals surface area contributed by atoms with Crippen LogP contribution in [0.1, 0.15) is 23.9 Å². The number of thioether (sulfide) groups is 1. The van der Waals surface area contributed by atoms with Crippen LogP contribution < -0.4 is 10.2 Å². The van der Waals surface area contributed by atoms with Gasteiger partial charge in [-0.3, -0.25) is 0 Å². The summed E-state index contributed by atoms with van der Waals surface area (Å²) in [5.74, 6) is 2.45. The number of nitrogens with one attached hydrogen (secondary N) is 1. The third-order valence-electron chi connectivity index (χ3n) is 3.30. The highest BCUT2D eigenvalue weighted by Gasteiger charge is 2.17. The molecule has 6 heteroatoms. The molecule has 4 nitrogen and oxygen atoms in total. The summed E-state index contributed by atoms with van der Waals surface area (Å²) in [4.78, 5) is 8.73. The maximum Gasteiger partial charge on any atom is 0.185 e. The van der Waals surface area contributed by atoms with Crippen molar-refractivity contribution in [2.24, 2.45) is 0 Å². The Morgan fingerprint density at radius 1 is 1.35 bits per heavy atom. The molecule has 1 aromatic heterocycles. The van der Waals surface area contributed by atoms with Gasteiger partial charge < -0.3 is 15.0 Å². The number of aryl methyl sites for hydroxylation is 1. The Hall–Kier alpha value is -0.300. The molecule has 0 atom stereocenters. The van der Waals surface area contributed by atoms with Gasteiger partial charge in [0, 0.05) is 49.7 Å². The molecule has 0 saturated carbocycles. The van der Waals surface area contributed by atoms with Crippen molar-refractivity contribution in [1.82, 2.24) is 10.3 Å². The molecule has 0 amide bonds. The van der Waals surface area contributed by atoms with Crippen LogP contribution >= 0.6 is 23.1 Å². The summed E-state index contributed by atoms with van der Waals surface area (Å²) in [7, 11) is 1.74. The number of hydrogen-bond donors (Lipinski definition) is 1. The van der Waals surface area contributed by atoms with Gasteiger partial charge in [0.2, 0.25) is 0 Å². The van der Waals surface area contributed by atoms with Crippen molar-refractivity contribution in [2.75, 3.05) is 49.8 Å². The summed E-state index contributed by atoms with van der Waals surface area (Å²) in [6.45, 7) is 7.08. The molecule has 0 spiro atoms. The molecule has 0 radical (unpaired) electrons. The Labute approximate surface area is 130 Å². The van der Waals surface area contributed by atoms with Crippen molar-refractivity contribution in [3.63, 3.8) is 0 Å². The molecule has 0 unspecified atom stereocenters. The van der Waals surface area contributed by atoms with Crippen molar-refractivity contribution in [3.8, 4) is 0 Å². The fraction of sp³-hybridized carbons (Fsp3) is 0.786. The molecule has 0 aromatic carbocycles. The molecule has 1 aromatic rings. The number of anilines is 1. The first-order valence-electron chi connectivity index (χ1n) is 7.36. The summed E-state index contributed by atoms with van der Waals surface area (Å²) in [6.07, 6.45) is 2.24. The van der Waals surface area contributed by atoms with Crippen LogP contribution in [0.4, 0.5) is 5.13 Å². The van der Waals surface area contributed by atoms with E-state index < -0.39 is 0 Å². The zero-order chi connectivity index (χ0) is 14.2. The van der Waals surface area contributed by atoms with Gasteiger partial charge in [0.05, 0.1) is 12.3 Å². The van der Waals surface area contributed by atoms with Gasteiger partial charge in [-0.15, -0.1) is 11.3 Å². The zero-order valence-corrected chi connectivity index (χ0v) is 14.1. The Balaban J connectivity index is 1.98. The van der Waals surface area contributed by atoms with Crippen molar-refractivity contribution < 1.29 is 4.74 Å². The van der Waals surface area contributed by atoms with E-state index in [-0.39, 0.29) is 0 Å². The highest BCUT2D eigenvalue weighted by atomic mass is 32.2. The van der Waals surface area contributed by atoms with E-state index >= 15 is 0 Å². The van der Waals surface area contributed by atoms with Gasteiger partial charge in [0.15, 0.2) is 5.13 Å². The van der Waals surface area contributed by atoms with Gasteiger partial charge in [0.1, 0.15) is 0 Å². The van der Waals surface area contributed by atoms with E-state index in [4.69, 9.17) is 9.72 Å². The third-order valence-corrected chi connectivity index (χ3v) is 5.40. The number of hydrogen-bond acceptors (Lipinski definition) is 6. The van der Waals surface area contributed by atoms with Gasteiger partial charge in [-0.1, -0.05) is 13.3 Å². The predicted octanol–water partition coefficient (Wildman–Crippen LogP) is 2.38. The second-order valence-corrected chi connectivity index (χ2v) is 7.17. The normalized spacial score (nSPS) is 15.8. The minimum Gasteiger partial charge on any atom is -0.383 e. The Bertz CT molecular complexity index is 392. The number of aromatic nitrogens is 1. The van der Waals surface area contributed by atoms with E-state index in [2.05, 4.69) is 17.1 Å². The minimum absolute atomic E-state index is 0.762. The summed E-state index contributed by atoms with van der Waals surface area (Å²) in [6, 6.07) is 0. The first kappa shape index (κ1) is 16.1. The lowest BCUT2D eigenvalue weighted by Crippen LogP contribution is -2.32. The van der Waals surface area contributed by atoms with Crippen LogP contribution in [0.2, 0.25) is 0 Å². The molecule has 1 fully saturated rings. The SMILES string of the molecule is CCCc1nc(N2CCSCC2)sc1CNCCOC. The fourth-order valence-corrected chi connectivity index (χ4v) is 4.24. The van der Waals surface area contributed by atoms with Crippen molar-refractivity contribution in [1.29, 1.82) is 0 Å². The lowest BCUT2D eigenvalue weighted by Gasteiger charge is -2.25. The van der Waals surface area contributed by atoms with Gasteiger partial charge in [-0.05, 0) is 6.42 Å². The maximum atomic E-state index is 5.07. The number of nitrogens with zero attached hydrogens (tertiary/aromatic N) is 2. The van der Waals surface area contributed by atoms with Gasteiger partial charge >= 0.3 is 0 Å². The van der Waals surface area contributed by atoms with Crippen LogP contribution in [-0.2, 0) is 17.7 Å². The molecule has 0 aliphatic carbocycles. The van der Waals surface area contributed by atoms with Crippen LogP contribution in [0, 0.1) is 0 Å². The summed E-state index contributed by atoms with van der Waals surface area (Å²) < 4.78 is 5.07. The summed E-state index contributed by atoms with van der Waals surface area (Å²) >= 11 is 3.91. The van der Waals surface area contributed by atoms with E-state index in [0.717, 1.165) is 45.6 Å². The fourth-order valence-electron chi connectivity index (χ4n) is 2.21. The second kappa shape index (κ2) is 8.87. The zero-order valence-electron chi connectivity index (χ0n) is 12.5. The average Bonchev–Trinajstić information content (AvgIpc) is 2.88. The van der Waals surface area contributed by atoms with Crippen LogP contribution in [0.15, 0.2) is 0 Å². The topological polar surface area (TPSA) is 37.4 Å². The molecule has 1 N–H and O–H groups in total. The molecule has 1 aliphatic heterocycles. The molecule has 2 heterocycles. The van der Waals surface area contributed by atoms with Crippen molar-refractivity contribution in [3.05, 3.63) is 10.6 Å². The number of methoxy groups -OCH3 is 1. The monoisotopic (exact) mass is 315 g/mol. The number of rotatable bonds is 8. The Morgan fingerprint density at radius 2 is 2.15 bits per heavy atom. The molecule has 0 bridgehead atoms. The third kappa shape index (κ3) is 4.62. The largest absolute Gasteiger partial charge is 0.383 e. The Morgan fingerprint density at radius 3 is 2.85 bits per heavy atom. The molecule has 2 rings (SSSR count). The Kier molecular flexibility index (Phi) is 7.13. The standard InChI is InChI=1S/C14H25N3OS2/c1-3-4-12-13(11-15-5-8-18-2)20-14(16-12)17-6-9-19-10-7-17/h15H,3-11H2,1-2H3. The molecule has 114 valence electrons. The lowest BCUT2D eigenvalue weighted by molar-refractivity contribution is 0.199. The molecular formula is C14H25N3OS2. The molecule has 1 aliphatic rings. The predicted molar refractivity (Wildman–Crippen MR) is 89.2 cm³/mol. The van der Waals surface area contributed by atoms with E-state index in [9.17, 15) is 0 Å². The van der Waals surface area contributed by atoms with Crippen LogP contribution in [0.25, 0.3) is 0 Å². The van der Waals surface area contributed by atoms with Gasteiger partial charge in [0.25, 0.3) is 0 Å². The van der Waals surface area contributed by atoms with Gasteiger partial charge in [-0.2, -0.15) is 11.8 Å². The quantitative estimate of drug-likeness (QED) is 0.746. The van der Waals surface area contributed by atoms with Crippen LogP contribution in [-0.4, -0.2) is 49.8 Å². The highest BCUT2D eigenvalue weighted by Crippen LogP contribution is 2.29. The van der Waals surface area contributed by atoms with Crippen LogP contribution in [0.5, 0.6) is 0 Å².